The molecule has 98 valence electrons. The van der Waals surface area contributed by atoms with Crippen molar-refractivity contribution in [3.8, 4) is 0 Å². The lowest BCUT2D eigenvalue weighted by Crippen LogP contribution is -2.34. The van der Waals surface area contributed by atoms with Gasteiger partial charge in [0.2, 0.25) is 5.91 Å². The SMILES string of the molecule is C[C@H]1CCCN(C(=O)Cn2ccc(=O)cc2)CC1. The van der Waals surface area contributed by atoms with Crippen molar-refractivity contribution in [2.45, 2.75) is 32.7 Å². The van der Waals surface area contributed by atoms with Gasteiger partial charge < -0.3 is 9.47 Å². The second-order valence-corrected chi connectivity index (χ2v) is 5.12. The number of hydrogen-bond donors (Lipinski definition) is 0. The fourth-order valence-corrected chi connectivity index (χ4v) is 2.32. The molecule has 1 aromatic heterocycles. The molecule has 1 atom stereocenters. The quantitative estimate of drug-likeness (QED) is 0.796. The first-order chi connectivity index (χ1) is 8.65. The van der Waals surface area contributed by atoms with Crippen LogP contribution in [0, 0.1) is 5.92 Å². The summed E-state index contributed by atoms with van der Waals surface area (Å²) in [6.07, 6.45) is 6.73. The van der Waals surface area contributed by atoms with Gasteiger partial charge >= 0.3 is 0 Å². The van der Waals surface area contributed by atoms with Crippen LogP contribution in [0.15, 0.2) is 29.3 Å². The molecule has 0 unspecified atom stereocenters. The summed E-state index contributed by atoms with van der Waals surface area (Å²) in [4.78, 5) is 25.1. The zero-order valence-electron chi connectivity index (χ0n) is 10.8. The van der Waals surface area contributed by atoms with Crippen molar-refractivity contribution < 1.29 is 4.79 Å². The van der Waals surface area contributed by atoms with Crippen LogP contribution in [-0.2, 0) is 11.3 Å². The van der Waals surface area contributed by atoms with Gasteiger partial charge in [-0.15, -0.1) is 0 Å². The first kappa shape index (κ1) is 12.9. The van der Waals surface area contributed by atoms with E-state index in [1.54, 1.807) is 17.0 Å². The number of pyridine rings is 1. The highest BCUT2D eigenvalue weighted by molar-refractivity contribution is 5.76. The highest BCUT2D eigenvalue weighted by Crippen LogP contribution is 2.16. The molecule has 0 N–H and O–H groups in total. The number of hydrogen-bond acceptors (Lipinski definition) is 2. The largest absolute Gasteiger partial charge is 0.345 e. The molecule has 1 saturated heterocycles. The van der Waals surface area contributed by atoms with Crippen molar-refractivity contribution in [2.75, 3.05) is 13.1 Å². The molecule has 1 aliphatic rings. The number of likely N-dealkylation sites (tertiary alicyclic amines) is 1. The maximum Gasteiger partial charge on any atom is 0.242 e. The lowest BCUT2D eigenvalue weighted by molar-refractivity contribution is -0.131. The Hall–Kier alpha value is -1.58. The van der Waals surface area contributed by atoms with Gasteiger partial charge in [-0.3, -0.25) is 9.59 Å². The van der Waals surface area contributed by atoms with Gasteiger partial charge in [-0.05, 0) is 25.2 Å². The minimum absolute atomic E-state index is 0.0257. The number of amides is 1. The highest BCUT2D eigenvalue weighted by atomic mass is 16.2. The van der Waals surface area contributed by atoms with Crippen LogP contribution >= 0.6 is 0 Å². The Morgan fingerprint density at radius 3 is 2.72 bits per heavy atom. The molecule has 18 heavy (non-hydrogen) atoms. The van der Waals surface area contributed by atoms with Crippen molar-refractivity contribution >= 4 is 5.91 Å². The lowest BCUT2D eigenvalue weighted by atomic mass is 10.0. The van der Waals surface area contributed by atoms with Gasteiger partial charge in [0.25, 0.3) is 0 Å². The zero-order valence-corrected chi connectivity index (χ0v) is 10.8. The number of carbonyl (C=O) groups is 1. The number of rotatable bonds is 2. The molecule has 1 fully saturated rings. The molecule has 0 radical (unpaired) electrons. The van der Waals surface area contributed by atoms with E-state index >= 15 is 0 Å². The van der Waals surface area contributed by atoms with Crippen LogP contribution in [0.2, 0.25) is 0 Å². The average Bonchev–Trinajstić information content (AvgIpc) is 2.57. The molecule has 0 saturated carbocycles. The van der Waals surface area contributed by atoms with E-state index < -0.39 is 0 Å². The average molecular weight is 248 g/mol. The summed E-state index contributed by atoms with van der Waals surface area (Å²) in [7, 11) is 0. The van der Waals surface area contributed by atoms with Gasteiger partial charge in [-0.2, -0.15) is 0 Å². The van der Waals surface area contributed by atoms with E-state index in [2.05, 4.69) is 6.92 Å². The molecule has 1 amide bonds. The second-order valence-electron chi connectivity index (χ2n) is 5.12. The van der Waals surface area contributed by atoms with Crippen LogP contribution in [0.25, 0.3) is 0 Å². The monoisotopic (exact) mass is 248 g/mol. The van der Waals surface area contributed by atoms with Crippen molar-refractivity contribution in [1.82, 2.24) is 9.47 Å². The predicted octanol–water partition coefficient (Wildman–Crippen LogP) is 1.50. The number of nitrogens with zero attached hydrogens (tertiary/aromatic N) is 2. The predicted molar refractivity (Wildman–Crippen MR) is 70.3 cm³/mol. The minimum atomic E-state index is -0.0257. The molecule has 1 aliphatic heterocycles. The van der Waals surface area contributed by atoms with E-state index in [0.717, 1.165) is 31.8 Å². The van der Waals surface area contributed by atoms with E-state index in [0.29, 0.717) is 6.54 Å². The Morgan fingerprint density at radius 2 is 2.00 bits per heavy atom. The third-order valence-electron chi connectivity index (χ3n) is 3.55. The summed E-state index contributed by atoms with van der Waals surface area (Å²) in [5, 5.41) is 0. The van der Waals surface area contributed by atoms with Crippen LogP contribution in [0.5, 0.6) is 0 Å². The van der Waals surface area contributed by atoms with Gasteiger partial charge in [-0.1, -0.05) is 6.92 Å². The Balaban J connectivity index is 1.94. The Labute approximate surface area is 107 Å². The molecular weight excluding hydrogens is 228 g/mol. The van der Waals surface area contributed by atoms with Crippen molar-refractivity contribution in [2.24, 2.45) is 5.92 Å². The Bertz CT molecular complexity index is 447. The van der Waals surface area contributed by atoms with E-state index in [1.807, 2.05) is 4.90 Å². The molecule has 2 heterocycles. The lowest BCUT2D eigenvalue weighted by Gasteiger charge is -2.21. The topological polar surface area (TPSA) is 42.3 Å². The van der Waals surface area contributed by atoms with Crippen LogP contribution in [0.1, 0.15) is 26.2 Å². The third-order valence-corrected chi connectivity index (χ3v) is 3.55. The minimum Gasteiger partial charge on any atom is -0.345 e. The first-order valence-electron chi connectivity index (χ1n) is 6.59. The maximum atomic E-state index is 12.1. The van der Waals surface area contributed by atoms with Gasteiger partial charge in [-0.25, -0.2) is 0 Å². The summed E-state index contributed by atoms with van der Waals surface area (Å²) in [6.45, 7) is 4.30. The molecule has 2 rings (SSSR count). The normalized spacial score (nSPS) is 20.5. The zero-order chi connectivity index (χ0) is 13.0. The van der Waals surface area contributed by atoms with Crippen molar-refractivity contribution in [3.05, 3.63) is 34.7 Å². The summed E-state index contributed by atoms with van der Waals surface area (Å²) in [5.74, 6) is 0.864. The van der Waals surface area contributed by atoms with Crippen LogP contribution in [0.3, 0.4) is 0 Å². The smallest absolute Gasteiger partial charge is 0.242 e. The van der Waals surface area contributed by atoms with E-state index in [4.69, 9.17) is 0 Å². The molecule has 0 aliphatic carbocycles. The first-order valence-corrected chi connectivity index (χ1v) is 6.59. The summed E-state index contributed by atoms with van der Waals surface area (Å²) in [5.41, 5.74) is -0.0257. The molecule has 4 nitrogen and oxygen atoms in total. The van der Waals surface area contributed by atoms with Gasteiger partial charge in [0.15, 0.2) is 5.43 Å². The summed E-state index contributed by atoms with van der Waals surface area (Å²) < 4.78 is 1.76. The standard InChI is InChI=1S/C14H20N2O2/c1-12-3-2-7-16(10-4-12)14(18)11-15-8-5-13(17)6-9-15/h5-6,8-9,12H,2-4,7,10-11H2,1H3/t12-/m0/s1. The maximum absolute atomic E-state index is 12.1. The highest BCUT2D eigenvalue weighted by Gasteiger charge is 2.18. The van der Waals surface area contributed by atoms with Gasteiger partial charge in [0, 0.05) is 37.6 Å². The van der Waals surface area contributed by atoms with E-state index in [1.165, 1.54) is 18.6 Å². The molecular formula is C14H20N2O2. The fraction of sp³-hybridized carbons (Fsp3) is 0.571. The van der Waals surface area contributed by atoms with E-state index in [9.17, 15) is 9.59 Å². The van der Waals surface area contributed by atoms with Gasteiger partial charge in [0.1, 0.15) is 6.54 Å². The number of carbonyl (C=O) groups excluding carboxylic acids is 1. The van der Waals surface area contributed by atoms with Crippen molar-refractivity contribution in [3.63, 3.8) is 0 Å². The van der Waals surface area contributed by atoms with Crippen molar-refractivity contribution in [1.29, 1.82) is 0 Å². The number of aromatic nitrogens is 1. The van der Waals surface area contributed by atoms with Crippen LogP contribution in [0.4, 0.5) is 0 Å². The summed E-state index contributed by atoms with van der Waals surface area (Å²) in [6, 6.07) is 2.97. The third kappa shape index (κ3) is 3.45. The molecule has 0 bridgehead atoms. The van der Waals surface area contributed by atoms with Crippen LogP contribution < -0.4 is 5.43 Å². The molecule has 0 aromatic carbocycles. The molecule has 1 aromatic rings. The second kappa shape index (κ2) is 5.85. The van der Waals surface area contributed by atoms with Crippen LogP contribution in [-0.4, -0.2) is 28.5 Å². The van der Waals surface area contributed by atoms with Gasteiger partial charge in [0.05, 0.1) is 0 Å². The Morgan fingerprint density at radius 1 is 1.28 bits per heavy atom. The molecule has 4 heteroatoms. The Kier molecular flexibility index (Phi) is 4.18. The summed E-state index contributed by atoms with van der Waals surface area (Å²) >= 11 is 0. The fourth-order valence-electron chi connectivity index (χ4n) is 2.32. The molecule has 0 spiro atoms. The van der Waals surface area contributed by atoms with E-state index in [-0.39, 0.29) is 11.3 Å².